The number of amides is 1. The Morgan fingerprint density at radius 3 is 2.22 bits per heavy atom. The van der Waals surface area contributed by atoms with Gasteiger partial charge in [0.2, 0.25) is 5.91 Å². The topological polar surface area (TPSA) is 42.7 Å². The standard InChI is InChI=1S/C22H22FNO3/c1-16-3-10-21(27-16)15-24(14-18-4-8-19(23)9-5-18)22(25)13-17-6-11-20(26-2)12-7-17/h3-12H,13-15H2,1-2H3. The fourth-order valence-corrected chi connectivity index (χ4v) is 2.83. The average Bonchev–Trinajstić information content (AvgIpc) is 3.08. The number of aryl methyl sites for hydroxylation is 1. The summed E-state index contributed by atoms with van der Waals surface area (Å²) in [5.41, 5.74) is 1.77. The maximum atomic E-state index is 13.2. The minimum Gasteiger partial charge on any atom is -0.497 e. The SMILES string of the molecule is COc1ccc(CC(=O)N(Cc2ccc(F)cc2)Cc2ccc(C)o2)cc1. The molecule has 0 spiro atoms. The van der Waals surface area contributed by atoms with E-state index in [1.807, 2.05) is 43.3 Å². The highest BCUT2D eigenvalue weighted by molar-refractivity contribution is 5.78. The molecule has 4 nitrogen and oxygen atoms in total. The van der Waals surface area contributed by atoms with Crippen molar-refractivity contribution in [1.29, 1.82) is 0 Å². The van der Waals surface area contributed by atoms with Gasteiger partial charge in [-0.3, -0.25) is 4.79 Å². The lowest BCUT2D eigenvalue weighted by molar-refractivity contribution is -0.132. The van der Waals surface area contributed by atoms with Crippen molar-refractivity contribution in [2.75, 3.05) is 7.11 Å². The van der Waals surface area contributed by atoms with Crippen molar-refractivity contribution >= 4 is 5.91 Å². The van der Waals surface area contributed by atoms with E-state index in [1.54, 1.807) is 24.1 Å². The zero-order valence-corrected chi connectivity index (χ0v) is 15.4. The molecule has 2 aromatic carbocycles. The smallest absolute Gasteiger partial charge is 0.227 e. The first-order valence-corrected chi connectivity index (χ1v) is 8.74. The van der Waals surface area contributed by atoms with Crippen LogP contribution in [0, 0.1) is 12.7 Å². The number of methoxy groups -OCH3 is 1. The maximum Gasteiger partial charge on any atom is 0.227 e. The van der Waals surface area contributed by atoms with Crippen LogP contribution in [0.2, 0.25) is 0 Å². The van der Waals surface area contributed by atoms with Crippen molar-refractivity contribution in [1.82, 2.24) is 4.90 Å². The predicted molar refractivity (Wildman–Crippen MR) is 101 cm³/mol. The first-order chi connectivity index (χ1) is 13.0. The van der Waals surface area contributed by atoms with Crippen LogP contribution in [0.25, 0.3) is 0 Å². The summed E-state index contributed by atoms with van der Waals surface area (Å²) in [4.78, 5) is 14.6. The van der Waals surface area contributed by atoms with Crippen LogP contribution in [-0.4, -0.2) is 17.9 Å². The molecule has 5 heteroatoms. The summed E-state index contributed by atoms with van der Waals surface area (Å²) in [7, 11) is 1.61. The van der Waals surface area contributed by atoms with Crippen molar-refractivity contribution in [3.8, 4) is 5.75 Å². The summed E-state index contributed by atoms with van der Waals surface area (Å²) < 4.78 is 24.0. The molecule has 3 rings (SSSR count). The van der Waals surface area contributed by atoms with E-state index >= 15 is 0 Å². The first kappa shape index (κ1) is 18.7. The Morgan fingerprint density at radius 1 is 0.963 bits per heavy atom. The van der Waals surface area contributed by atoms with Gasteiger partial charge in [-0.05, 0) is 54.4 Å². The van der Waals surface area contributed by atoms with Crippen molar-refractivity contribution in [3.05, 3.63) is 89.1 Å². The molecule has 0 aliphatic heterocycles. The third-order valence-corrected chi connectivity index (χ3v) is 4.30. The molecule has 140 valence electrons. The van der Waals surface area contributed by atoms with Crippen LogP contribution in [0.4, 0.5) is 4.39 Å². The number of hydrogen-bond donors (Lipinski definition) is 0. The van der Waals surface area contributed by atoms with Crippen LogP contribution in [0.15, 0.2) is 65.1 Å². The van der Waals surface area contributed by atoms with Crippen molar-refractivity contribution in [2.45, 2.75) is 26.4 Å². The lowest BCUT2D eigenvalue weighted by atomic mass is 10.1. The highest BCUT2D eigenvalue weighted by Gasteiger charge is 2.17. The van der Waals surface area contributed by atoms with Gasteiger partial charge in [0.05, 0.1) is 20.1 Å². The molecular formula is C22H22FNO3. The molecule has 0 unspecified atom stereocenters. The Bertz CT molecular complexity index is 885. The minimum atomic E-state index is -0.295. The van der Waals surface area contributed by atoms with Gasteiger partial charge < -0.3 is 14.1 Å². The third-order valence-electron chi connectivity index (χ3n) is 4.30. The van der Waals surface area contributed by atoms with E-state index in [0.717, 1.165) is 28.4 Å². The first-order valence-electron chi connectivity index (χ1n) is 8.74. The zero-order valence-electron chi connectivity index (χ0n) is 15.4. The Hall–Kier alpha value is -3.08. The van der Waals surface area contributed by atoms with Crippen LogP contribution >= 0.6 is 0 Å². The van der Waals surface area contributed by atoms with E-state index in [1.165, 1.54) is 12.1 Å². The molecule has 1 heterocycles. The van der Waals surface area contributed by atoms with Gasteiger partial charge in [0, 0.05) is 6.54 Å². The summed E-state index contributed by atoms with van der Waals surface area (Å²) >= 11 is 0. The second-order valence-corrected chi connectivity index (χ2v) is 6.41. The number of hydrogen-bond acceptors (Lipinski definition) is 3. The van der Waals surface area contributed by atoms with E-state index in [2.05, 4.69) is 0 Å². The monoisotopic (exact) mass is 367 g/mol. The molecule has 0 bridgehead atoms. The number of nitrogens with zero attached hydrogens (tertiary/aromatic N) is 1. The quantitative estimate of drug-likeness (QED) is 0.617. The average molecular weight is 367 g/mol. The van der Waals surface area contributed by atoms with E-state index in [0.29, 0.717) is 13.1 Å². The van der Waals surface area contributed by atoms with Crippen LogP contribution < -0.4 is 4.74 Å². The van der Waals surface area contributed by atoms with E-state index in [4.69, 9.17) is 9.15 Å². The molecule has 0 aliphatic carbocycles. The molecule has 0 saturated heterocycles. The molecule has 3 aromatic rings. The zero-order chi connectivity index (χ0) is 19.2. The number of furan rings is 1. The highest BCUT2D eigenvalue weighted by atomic mass is 19.1. The number of rotatable bonds is 7. The molecule has 0 aliphatic rings. The number of benzene rings is 2. The van der Waals surface area contributed by atoms with E-state index in [9.17, 15) is 9.18 Å². The summed E-state index contributed by atoms with van der Waals surface area (Å²) in [6.07, 6.45) is 0.269. The molecule has 1 aromatic heterocycles. The molecule has 0 atom stereocenters. The molecule has 27 heavy (non-hydrogen) atoms. The number of halogens is 1. The van der Waals surface area contributed by atoms with Gasteiger partial charge >= 0.3 is 0 Å². The summed E-state index contributed by atoms with van der Waals surface area (Å²) in [6.45, 7) is 2.61. The van der Waals surface area contributed by atoms with Gasteiger partial charge in [0.1, 0.15) is 23.1 Å². The molecule has 0 radical (unpaired) electrons. The van der Waals surface area contributed by atoms with Gasteiger partial charge in [0.15, 0.2) is 0 Å². The fraction of sp³-hybridized carbons (Fsp3) is 0.227. The van der Waals surface area contributed by atoms with Gasteiger partial charge in [0.25, 0.3) is 0 Å². The Kier molecular flexibility index (Phi) is 5.91. The van der Waals surface area contributed by atoms with Crippen molar-refractivity contribution in [3.63, 3.8) is 0 Å². The number of ether oxygens (including phenoxy) is 1. The minimum absolute atomic E-state index is 0.0291. The summed E-state index contributed by atoms with van der Waals surface area (Å²) in [5.74, 6) is 1.95. The largest absolute Gasteiger partial charge is 0.497 e. The second-order valence-electron chi connectivity index (χ2n) is 6.41. The van der Waals surface area contributed by atoms with Gasteiger partial charge in [-0.25, -0.2) is 4.39 Å². The molecule has 0 fully saturated rings. The van der Waals surface area contributed by atoms with Crippen LogP contribution in [0.5, 0.6) is 5.75 Å². The Morgan fingerprint density at radius 2 is 1.63 bits per heavy atom. The van der Waals surface area contributed by atoms with E-state index < -0.39 is 0 Å². The van der Waals surface area contributed by atoms with Crippen LogP contribution in [-0.2, 0) is 24.3 Å². The van der Waals surface area contributed by atoms with Crippen LogP contribution in [0.3, 0.4) is 0 Å². The predicted octanol–water partition coefficient (Wildman–Crippen LogP) is 4.51. The Balaban J connectivity index is 1.76. The van der Waals surface area contributed by atoms with Crippen molar-refractivity contribution in [2.24, 2.45) is 0 Å². The third kappa shape index (κ3) is 5.20. The van der Waals surface area contributed by atoms with Gasteiger partial charge in [-0.1, -0.05) is 24.3 Å². The number of carbonyl (C=O) groups excluding carboxylic acids is 1. The normalized spacial score (nSPS) is 10.6. The van der Waals surface area contributed by atoms with Gasteiger partial charge in [-0.15, -0.1) is 0 Å². The summed E-state index contributed by atoms with van der Waals surface area (Å²) in [5, 5.41) is 0. The van der Waals surface area contributed by atoms with E-state index in [-0.39, 0.29) is 18.1 Å². The highest BCUT2D eigenvalue weighted by Crippen LogP contribution is 2.17. The second kappa shape index (κ2) is 8.54. The fourth-order valence-electron chi connectivity index (χ4n) is 2.83. The van der Waals surface area contributed by atoms with Gasteiger partial charge in [-0.2, -0.15) is 0 Å². The maximum absolute atomic E-state index is 13.2. The lowest BCUT2D eigenvalue weighted by Gasteiger charge is -2.22. The molecule has 0 saturated carbocycles. The molecular weight excluding hydrogens is 345 g/mol. The van der Waals surface area contributed by atoms with Crippen molar-refractivity contribution < 1.29 is 18.3 Å². The lowest BCUT2D eigenvalue weighted by Crippen LogP contribution is -2.31. The number of carbonyl (C=O) groups is 1. The molecule has 1 amide bonds. The molecule has 0 N–H and O–H groups in total. The Labute approximate surface area is 158 Å². The van der Waals surface area contributed by atoms with Crippen LogP contribution in [0.1, 0.15) is 22.6 Å². The summed E-state index contributed by atoms with van der Waals surface area (Å²) in [6, 6.07) is 17.4.